The minimum atomic E-state index is -4.15. The van der Waals surface area contributed by atoms with Gasteiger partial charge in [0.2, 0.25) is 10.0 Å². The van der Waals surface area contributed by atoms with E-state index in [2.05, 4.69) is 4.72 Å². The molecule has 0 spiro atoms. The molecule has 2 rings (SSSR count). The topological polar surface area (TPSA) is 115 Å². The van der Waals surface area contributed by atoms with Crippen molar-refractivity contribution in [1.29, 1.82) is 0 Å². The lowest BCUT2D eigenvalue weighted by Crippen LogP contribution is -2.32. The molecule has 1 aromatic rings. The van der Waals surface area contributed by atoms with Crippen molar-refractivity contribution in [2.24, 2.45) is 0 Å². The summed E-state index contributed by atoms with van der Waals surface area (Å²) >= 11 is 1.55. The number of nitrogens with one attached hydrogen (secondary N) is 1. The molecule has 0 aliphatic heterocycles. The number of nitrogens with zero attached hydrogens (tertiary/aromatic N) is 1. The van der Waals surface area contributed by atoms with Crippen LogP contribution in [0.5, 0.6) is 0 Å². The molecule has 0 unspecified atom stereocenters. The van der Waals surface area contributed by atoms with Crippen molar-refractivity contribution in [2.75, 3.05) is 18.5 Å². The van der Waals surface area contributed by atoms with Crippen LogP contribution in [0.3, 0.4) is 0 Å². The average molecular weight is 335 g/mol. The van der Waals surface area contributed by atoms with Gasteiger partial charge in [-0.3, -0.25) is 10.1 Å². The number of thioether (sulfide) groups is 1. The summed E-state index contributed by atoms with van der Waals surface area (Å²) in [6, 6.07) is 1.38. The maximum absolute atomic E-state index is 13.9. The van der Waals surface area contributed by atoms with E-state index in [1.165, 1.54) is 0 Å². The molecule has 1 fully saturated rings. The number of halogens is 1. The van der Waals surface area contributed by atoms with Gasteiger partial charge in [-0.25, -0.2) is 17.5 Å². The highest BCUT2D eigenvalue weighted by atomic mass is 32.2. The molecule has 0 bridgehead atoms. The Morgan fingerprint density at radius 3 is 2.57 bits per heavy atom. The Hall–Kier alpha value is -1.39. The van der Waals surface area contributed by atoms with E-state index >= 15 is 0 Å². The van der Waals surface area contributed by atoms with E-state index in [1.807, 2.05) is 6.26 Å². The first-order valence-corrected chi connectivity index (χ1v) is 8.70. The lowest BCUT2D eigenvalue weighted by molar-refractivity contribution is -0.385. The standard InChI is InChI=1S/C11H14FN3O4S2/c1-20-11(2-3-11)6-14-21(18,19)10-8(12)4-7(15(16)17)5-9(10)13/h4-5,14H,2-3,6,13H2,1H3. The first-order chi connectivity index (χ1) is 9.71. The molecule has 3 N–H and O–H groups in total. The normalized spacial score (nSPS) is 16.7. The van der Waals surface area contributed by atoms with E-state index < -0.39 is 37.0 Å². The number of nitro benzene ring substituents is 1. The van der Waals surface area contributed by atoms with E-state index in [0.717, 1.165) is 18.9 Å². The van der Waals surface area contributed by atoms with Gasteiger partial charge in [0.1, 0.15) is 4.90 Å². The number of sulfonamides is 1. The highest BCUT2D eigenvalue weighted by Gasteiger charge is 2.43. The number of non-ortho nitro benzene ring substituents is 1. The number of nitrogens with two attached hydrogens (primary N) is 1. The molecule has 0 amide bonds. The molecule has 0 saturated heterocycles. The molecule has 21 heavy (non-hydrogen) atoms. The Morgan fingerprint density at radius 1 is 1.52 bits per heavy atom. The maximum Gasteiger partial charge on any atom is 0.274 e. The second-order valence-electron chi connectivity index (χ2n) is 4.81. The van der Waals surface area contributed by atoms with Gasteiger partial charge < -0.3 is 5.73 Å². The van der Waals surface area contributed by atoms with Crippen LogP contribution >= 0.6 is 11.8 Å². The van der Waals surface area contributed by atoms with Crippen molar-refractivity contribution in [3.8, 4) is 0 Å². The smallest absolute Gasteiger partial charge is 0.274 e. The van der Waals surface area contributed by atoms with Crippen LogP contribution in [0.2, 0.25) is 0 Å². The zero-order valence-electron chi connectivity index (χ0n) is 11.1. The summed E-state index contributed by atoms with van der Waals surface area (Å²) in [6.45, 7) is 0.173. The molecule has 0 aromatic heterocycles. The first kappa shape index (κ1) is 16.0. The summed E-state index contributed by atoms with van der Waals surface area (Å²) in [5.74, 6) is -1.23. The Balaban J connectivity index is 2.30. The van der Waals surface area contributed by atoms with Crippen molar-refractivity contribution < 1.29 is 17.7 Å². The van der Waals surface area contributed by atoms with Crippen LogP contribution < -0.4 is 10.5 Å². The second kappa shape index (κ2) is 5.43. The van der Waals surface area contributed by atoms with Crippen LogP contribution in [-0.2, 0) is 10.0 Å². The van der Waals surface area contributed by atoms with Crippen molar-refractivity contribution in [3.63, 3.8) is 0 Å². The third kappa shape index (κ3) is 3.27. The van der Waals surface area contributed by atoms with Gasteiger partial charge in [-0.2, -0.15) is 11.8 Å². The Morgan fingerprint density at radius 2 is 2.14 bits per heavy atom. The summed E-state index contributed by atoms with van der Waals surface area (Å²) in [6.07, 6.45) is 3.64. The highest BCUT2D eigenvalue weighted by Crippen LogP contribution is 2.46. The van der Waals surface area contributed by atoms with Crippen LogP contribution in [0.1, 0.15) is 12.8 Å². The number of hydrogen-bond donors (Lipinski definition) is 2. The van der Waals surface area contributed by atoms with Gasteiger partial charge in [-0.15, -0.1) is 0 Å². The first-order valence-electron chi connectivity index (χ1n) is 5.99. The number of benzene rings is 1. The Labute approximate surface area is 125 Å². The third-order valence-electron chi connectivity index (χ3n) is 3.36. The fraction of sp³-hybridized carbons (Fsp3) is 0.455. The largest absolute Gasteiger partial charge is 0.397 e. The molecule has 0 heterocycles. The highest BCUT2D eigenvalue weighted by molar-refractivity contribution is 8.00. The Kier molecular flexibility index (Phi) is 4.13. The number of anilines is 1. The summed E-state index contributed by atoms with van der Waals surface area (Å²) in [4.78, 5) is 9.00. The number of nitrogen functional groups attached to an aromatic ring is 1. The summed E-state index contributed by atoms with van der Waals surface area (Å²) in [5, 5.41) is 10.6. The second-order valence-corrected chi connectivity index (χ2v) is 7.79. The van der Waals surface area contributed by atoms with E-state index in [9.17, 15) is 22.9 Å². The fourth-order valence-electron chi connectivity index (χ4n) is 1.88. The van der Waals surface area contributed by atoms with Gasteiger partial charge in [0.05, 0.1) is 16.7 Å². The fourth-order valence-corrected chi connectivity index (χ4v) is 3.99. The minimum Gasteiger partial charge on any atom is -0.397 e. The van der Waals surface area contributed by atoms with Gasteiger partial charge in [0.25, 0.3) is 5.69 Å². The molecule has 0 atom stereocenters. The van der Waals surface area contributed by atoms with E-state index in [4.69, 9.17) is 5.73 Å². The van der Waals surface area contributed by atoms with Gasteiger partial charge in [-0.1, -0.05) is 0 Å². The minimum absolute atomic E-state index is 0.140. The Bertz CT molecular complexity index is 666. The maximum atomic E-state index is 13.9. The van der Waals surface area contributed by atoms with E-state index in [1.54, 1.807) is 11.8 Å². The van der Waals surface area contributed by atoms with E-state index in [0.29, 0.717) is 6.07 Å². The van der Waals surface area contributed by atoms with Crippen molar-refractivity contribution in [3.05, 3.63) is 28.1 Å². The predicted octanol–water partition coefficient (Wildman–Crippen LogP) is 1.49. The number of rotatable bonds is 6. The molecule has 10 heteroatoms. The van der Waals surface area contributed by atoms with Crippen molar-refractivity contribution in [2.45, 2.75) is 22.5 Å². The zero-order valence-corrected chi connectivity index (χ0v) is 12.8. The quantitative estimate of drug-likeness (QED) is 0.462. The van der Waals surface area contributed by atoms with Gasteiger partial charge in [0, 0.05) is 17.4 Å². The third-order valence-corrected chi connectivity index (χ3v) is 6.27. The van der Waals surface area contributed by atoms with Crippen molar-refractivity contribution in [1.82, 2.24) is 4.72 Å². The number of hydrogen-bond acceptors (Lipinski definition) is 6. The molecular weight excluding hydrogens is 321 g/mol. The average Bonchev–Trinajstić information content (AvgIpc) is 3.16. The van der Waals surface area contributed by atoms with Crippen LogP contribution in [0.4, 0.5) is 15.8 Å². The lowest BCUT2D eigenvalue weighted by atomic mass is 10.3. The molecule has 1 aliphatic carbocycles. The predicted molar refractivity (Wildman–Crippen MR) is 78.1 cm³/mol. The lowest BCUT2D eigenvalue weighted by Gasteiger charge is -2.14. The van der Waals surface area contributed by atoms with Crippen LogP contribution in [0.25, 0.3) is 0 Å². The molecular formula is C11H14FN3O4S2. The molecule has 116 valence electrons. The van der Waals surface area contributed by atoms with Crippen LogP contribution in [0.15, 0.2) is 17.0 Å². The van der Waals surface area contributed by atoms with Gasteiger partial charge in [0.15, 0.2) is 5.82 Å². The summed E-state index contributed by atoms with van der Waals surface area (Å²) in [5.41, 5.74) is 4.39. The van der Waals surface area contributed by atoms with Crippen LogP contribution in [-0.4, -0.2) is 30.9 Å². The molecule has 0 radical (unpaired) electrons. The zero-order chi connectivity index (χ0) is 15.8. The van der Waals surface area contributed by atoms with E-state index in [-0.39, 0.29) is 11.3 Å². The molecule has 1 saturated carbocycles. The van der Waals surface area contributed by atoms with Crippen LogP contribution in [0, 0.1) is 15.9 Å². The molecule has 1 aromatic carbocycles. The van der Waals surface area contributed by atoms with Gasteiger partial charge >= 0.3 is 0 Å². The SMILES string of the molecule is CSC1(CNS(=O)(=O)c2c(N)cc([N+](=O)[O-])cc2F)CC1. The van der Waals surface area contributed by atoms with Crippen molar-refractivity contribution >= 4 is 33.2 Å². The molecule has 7 nitrogen and oxygen atoms in total. The summed E-state index contributed by atoms with van der Waals surface area (Å²) < 4.78 is 40.3. The number of nitro groups is 1. The van der Waals surface area contributed by atoms with Gasteiger partial charge in [-0.05, 0) is 19.1 Å². The molecule has 1 aliphatic rings. The summed E-state index contributed by atoms with van der Waals surface area (Å²) in [7, 11) is -4.15. The monoisotopic (exact) mass is 335 g/mol.